The van der Waals surface area contributed by atoms with Gasteiger partial charge in [-0.15, -0.1) is 0 Å². The Morgan fingerprint density at radius 1 is 1.15 bits per heavy atom. The molecule has 0 bridgehead atoms. The lowest BCUT2D eigenvalue weighted by molar-refractivity contribution is -0.120. The summed E-state index contributed by atoms with van der Waals surface area (Å²) in [7, 11) is -3.49. The molecule has 0 saturated carbocycles. The molecule has 0 spiro atoms. The number of anilines is 1. The molecule has 144 valence electrons. The number of nitrogens with one attached hydrogen (secondary N) is 1. The maximum atomic E-state index is 12.7. The van der Waals surface area contributed by atoms with Crippen LogP contribution in [-0.2, 0) is 26.0 Å². The molecule has 2 aliphatic rings. The molecule has 8 heteroatoms. The predicted molar refractivity (Wildman–Crippen MR) is 101 cm³/mol. The first-order valence-corrected chi connectivity index (χ1v) is 10.8. The van der Waals surface area contributed by atoms with Crippen LogP contribution in [0, 0.1) is 0 Å². The molecule has 0 aliphatic carbocycles. The highest BCUT2D eigenvalue weighted by Crippen LogP contribution is 2.29. The molecule has 1 saturated heterocycles. The Bertz CT molecular complexity index is 717. The maximum Gasteiger partial charge on any atom is 0.235 e. The first-order chi connectivity index (χ1) is 12.6. The van der Waals surface area contributed by atoms with E-state index >= 15 is 0 Å². The summed E-state index contributed by atoms with van der Waals surface area (Å²) in [5.74, 6) is -0.378. The Morgan fingerprint density at radius 3 is 2.73 bits per heavy atom. The third-order valence-corrected chi connectivity index (χ3v) is 6.62. The lowest BCUT2D eigenvalue weighted by atomic mass is 10.0. The van der Waals surface area contributed by atoms with Crippen LogP contribution in [0.4, 0.5) is 5.69 Å². The molecular weight excluding hydrogens is 354 g/mol. The minimum absolute atomic E-state index is 0.00981. The smallest absolute Gasteiger partial charge is 0.235 e. The van der Waals surface area contributed by atoms with Gasteiger partial charge in [0.05, 0.1) is 24.7 Å². The van der Waals surface area contributed by atoms with E-state index in [1.54, 1.807) is 0 Å². The van der Waals surface area contributed by atoms with Crippen LogP contribution in [0.25, 0.3) is 0 Å². The van der Waals surface area contributed by atoms with Gasteiger partial charge in [0.2, 0.25) is 15.9 Å². The van der Waals surface area contributed by atoms with Gasteiger partial charge in [-0.2, -0.15) is 0 Å². The number of hydrogen-bond donors (Lipinski definition) is 1. The van der Waals surface area contributed by atoms with Crippen molar-refractivity contribution in [2.45, 2.75) is 19.3 Å². The van der Waals surface area contributed by atoms with Crippen molar-refractivity contribution in [1.29, 1.82) is 0 Å². The zero-order valence-corrected chi connectivity index (χ0v) is 15.8. The van der Waals surface area contributed by atoms with E-state index in [0.717, 1.165) is 56.9 Å². The number of carbonyl (C=O) groups excluding carboxylic acids is 1. The van der Waals surface area contributed by atoms with E-state index in [-0.39, 0.29) is 18.1 Å². The number of fused-ring (bicyclic) bond motifs is 1. The molecule has 1 fully saturated rings. The fourth-order valence-corrected chi connectivity index (χ4v) is 4.94. The zero-order valence-electron chi connectivity index (χ0n) is 15.0. The summed E-state index contributed by atoms with van der Waals surface area (Å²) in [6, 6.07) is 7.59. The Kier molecular flexibility index (Phi) is 6.50. The van der Waals surface area contributed by atoms with Crippen LogP contribution < -0.4 is 9.62 Å². The average molecular weight is 381 g/mol. The van der Waals surface area contributed by atoms with Crippen molar-refractivity contribution in [3.8, 4) is 0 Å². The fraction of sp³-hybridized carbons (Fsp3) is 0.611. The number of carbonyl (C=O) groups is 1. The van der Waals surface area contributed by atoms with Crippen molar-refractivity contribution in [2.75, 3.05) is 56.0 Å². The molecule has 26 heavy (non-hydrogen) atoms. The van der Waals surface area contributed by atoms with Crippen molar-refractivity contribution in [1.82, 2.24) is 10.2 Å². The Balaban J connectivity index is 1.47. The van der Waals surface area contributed by atoms with E-state index in [0.29, 0.717) is 13.1 Å². The van der Waals surface area contributed by atoms with Crippen LogP contribution >= 0.6 is 0 Å². The van der Waals surface area contributed by atoms with Gasteiger partial charge in [-0.1, -0.05) is 18.2 Å². The summed E-state index contributed by atoms with van der Waals surface area (Å²) in [6.45, 7) is 4.98. The normalized spacial score (nSPS) is 18.4. The highest BCUT2D eigenvalue weighted by Gasteiger charge is 2.27. The van der Waals surface area contributed by atoms with Gasteiger partial charge in [0.1, 0.15) is 0 Å². The first kappa shape index (κ1) is 19.1. The Morgan fingerprint density at radius 2 is 1.92 bits per heavy atom. The lowest BCUT2D eigenvalue weighted by Gasteiger charge is -2.30. The number of hydrogen-bond acceptors (Lipinski definition) is 5. The third-order valence-electron chi connectivity index (χ3n) is 4.84. The van der Waals surface area contributed by atoms with Gasteiger partial charge < -0.3 is 10.1 Å². The van der Waals surface area contributed by atoms with Gasteiger partial charge >= 0.3 is 0 Å². The molecule has 2 heterocycles. The number of benzene rings is 1. The van der Waals surface area contributed by atoms with Crippen LogP contribution in [0.5, 0.6) is 0 Å². The third kappa shape index (κ3) is 4.96. The molecule has 1 aromatic carbocycles. The molecule has 1 aromatic rings. The highest BCUT2D eigenvalue weighted by molar-refractivity contribution is 7.92. The van der Waals surface area contributed by atoms with Crippen LogP contribution in [-0.4, -0.2) is 70.9 Å². The minimum atomic E-state index is -3.49. The van der Waals surface area contributed by atoms with Crippen molar-refractivity contribution in [3.63, 3.8) is 0 Å². The van der Waals surface area contributed by atoms with Gasteiger partial charge in [-0.05, 0) is 24.5 Å². The highest BCUT2D eigenvalue weighted by atomic mass is 32.2. The molecule has 7 nitrogen and oxygen atoms in total. The summed E-state index contributed by atoms with van der Waals surface area (Å²) in [6.07, 6.45) is 1.69. The predicted octanol–water partition coefficient (Wildman–Crippen LogP) is 0.608. The van der Waals surface area contributed by atoms with Crippen molar-refractivity contribution < 1.29 is 17.9 Å². The van der Waals surface area contributed by atoms with Crippen molar-refractivity contribution in [3.05, 3.63) is 29.8 Å². The van der Waals surface area contributed by atoms with Crippen LogP contribution in [0.2, 0.25) is 0 Å². The van der Waals surface area contributed by atoms with E-state index in [1.165, 1.54) is 4.31 Å². The van der Waals surface area contributed by atoms with Crippen LogP contribution in [0.15, 0.2) is 24.3 Å². The molecule has 1 N–H and O–H groups in total. The molecule has 0 radical (unpaired) electrons. The zero-order chi connectivity index (χ0) is 18.4. The first-order valence-electron chi connectivity index (χ1n) is 9.21. The van der Waals surface area contributed by atoms with Crippen molar-refractivity contribution in [2.24, 2.45) is 0 Å². The van der Waals surface area contributed by atoms with Gasteiger partial charge in [-0.3, -0.25) is 14.0 Å². The van der Waals surface area contributed by atoms with E-state index in [9.17, 15) is 13.2 Å². The molecule has 0 atom stereocenters. The second-order valence-corrected chi connectivity index (χ2v) is 8.69. The Hall–Kier alpha value is -1.64. The summed E-state index contributed by atoms with van der Waals surface area (Å²) < 4.78 is 32.1. The molecule has 3 rings (SSSR count). The number of aryl methyl sites for hydroxylation is 1. The maximum absolute atomic E-state index is 12.7. The summed E-state index contributed by atoms with van der Waals surface area (Å²) in [5.41, 5.74) is 1.81. The quantitative estimate of drug-likeness (QED) is 0.749. The minimum Gasteiger partial charge on any atom is -0.379 e. The second-order valence-electron chi connectivity index (χ2n) is 6.67. The average Bonchev–Trinajstić information content (AvgIpc) is 2.67. The standard InChI is InChI=1S/C18H27N3O4S/c22-18(19-8-10-20-11-13-25-14-12-20)7-15-26(23,24)21-9-3-5-16-4-1-2-6-17(16)21/h1-2,4,6H,3,5,7-15H2,(H,19,22). The summed E-state index contributed by atoms with van der Waals surface area (Å²) >= 11 is 0. The molecule has 1 amide bonds. The van der Waals surface area contributed by atoms with Gasteiger partial charge in [0.25, 0.3) is 0 Å². The summed E-state index contributed by atoms with van der Waals surface area (Å²) in [5, 5.41) is 2.82. The lowest BCUT2D eigenvalue weighted by Crippen LogP contribution is -2.42. The van der Waals surface area contributed by atoms with Crippen molar-refractivity contribution >= 4 is 21.6 Å². The second kappa shape index (κ2) is 8.83. The molecule has 0 aromatic heterocycles. The number of ether oxygens (including phenoxy) is 1. The number of para-hydroxylation sites is 1. The van der Waals surface area contributed by atoms with E-state index in [1.807, 2.05) is 24.3 Å². The summed E-state index contributed by atoms with van der Waals surface area (Å²) in [4.78, 5) is 14.2. The number of nitrogens with zero attached hydrogens (tertiary/aromatic N) is 2. The SMILES string of the molecule is O=C(CCS(=O)(=O)N1CCCc2ccccc21)NCCN1CCOCC1. The molecule has 0 unspecified atom stereocenters. The van der Waals surface area contributed by atoms with Gasteiger partial charge in [0, 0.05) is 39.1 Å². The Labute approximate surface area is 155 Å². The van der Waals surface area contributed by atoms with Gasteiger partial charge in [0.15, 0.2) is 0 Å². The number of morpholine rings is 1. The topological polar surface area (TPSA) is 79.0 Å². The van der Waals surface area contributed by atoms with E-state index < -0.39 is 10.0 Å². The largest absolute Gasteiger partial charge is 0.379 e. The number of rotatable bonds is 7. The van der Waals surface area contributed by atoms with Crippen LogP contribution in [0.1, 0.15) is 18.4 Å². The number of sulfonamides is 1. The monoisotopic (exact) mass is 381 g/mol. The van der Waals surface area contributed by atoms with E-state index in [2.05, 4.69) is 10.2 Å². The molecular formula is C18H27N3O4S. The number of amides is 1. The molecule has 2 aliphatic heterocycles. The van der Waals surface area contributed by atoms with E-state index in [4.69, 9.17) is 4.74 Å². The van der Waals surface area contributed by atoms with Gasteiger partial charge in [-0.25, -0.2) is 8.42 Å². The fourth-order valence-electron chi connectivity index (χ4n) is 3.39. The van der Waals surface area contributed by atoms with Crippen LogP contribution in [0.3, 0.4) is 0 Å².